The minimum absolute atomic E-state index is 0.158. The Bertz CT molecular complexity index is 560. The van der Waals surface area contributed by atoms with Gasteiger partial charge < -0.3 is 5.32 Å². The summed E-state index contributed by atoms with van der Waals surface area (Å²) in [6, 6.07) is 13.0. The number of halogens is 2. The molecule has 0 aromatic heterocycles. The highest BCUT2D eigenvalue weighted by Gasteiger charge is 2.03. The summed E-state index contributed by atoms with van der Waals surface area (Å²) in [6.07, 6.45) is 0. The van der Waals surface area contributed by atoms with Crippen LogP contribution in [0.1, 0.15) is 12.5 Å². The summed E-state index contributed by atoms with van der Waals surface area (Å²) in [7, 11) is 0. The minimum Gasteiger partial charge on any atom is -0.380 e. The van der Waals surface area contributed by atoms with Gasteiger partial charge in [0.1, 0.15) is 5.82 Å². The van der Waals surface area contributed by atoms with Gasteiger partial charge in [-0.3, -0.25) is 0 Å². The lowest BCUT2D eigenvalue weighted by atomic mass is 10.2. The number of nitrogens with one attached hydrogen (secondary N) is 1. The number of hydrogen-bond donors (Lipinski definition) is 1. The van der Waals surface area contributed by atoms with Crippen molar-refractivity contribution in [1.82, 2.24) is 0 Å². The molecule has 0 unspecified atom stereocenters. The zero-order chi connectivity index (χ0) is 13.7. The third-order valence-corrected chi connectivity index (χ3v) is 3.92. The van der Waals surface area contributed by atoms with Gasteiger partial charge in [-0.2, -0.15) is 0 Å². The van der Waals surface area contributed by atoms with Gasteiger partial charge >= 0.3 is 0 Å². The van der Waals surface area contributed by atoms with Crippen molar-refractivity contribution >= 4 is 29.1 Å². The summed E-state index contributed by atoms with van der Waals surface area (Å²) in [5.74, 6) is 0.644. The fourth-order valence-corrected chi connectivity index (χ4v) is 2.64. The van der Waals surface area contributed by atoms with Crippen LogP contribution >= 0.6 is 23.4 Å². The molecular formula is C15H15ClFNS. The van der Waals surface area contributed by atoms with Crippen LogP contribution in [0.15, 0.2) is 47.4 Å². The number of anilines is 1. The molecule has 0 aliphatic rings. The molecule has 2 aromatic carbocycles. The summed E-state index contributed by atoms with van der Waals surface area (Å²) >= 11 is 7.45. The van der Waals surface area contributed by atoms with E-state index < -0.39 is 0 Å². The van der Waals surface area contributed by atoms with Gasteiger partial charge in [0.15, 0.2) is 0 Å². The van der Waals surface area contributed by atoms with Crippen molar-refractivity contribution in [1.29, 1.82) is 0 Å². The van der Waals surface area contributed by atoms with E-state index in [2.05, 4.69) is 18.3 Å². The third kappa shape index (κ3) is 3.88. The van der Waals surface area contributed by atoms with Crippen LogP contribution in [0.25, 0.3) is 0 Å². The van der Waals surface area contributed by atoms with E-state index in [9.17, 15) is 4.39 Å². The average Bonchev–Trinajstić information content (AvgIpc) is 2.42. The Labute approximate surface area is 122 Å². The maximum Gasteiger partial charge on any atom is 0.142 e. The second-order valence-electron chi connectivity index (χ2n) is 4.03. The zero-order valence-electron chi connectivity index (χ0n) is 10.6. The second-order valence-corrected chi connectivity index (χ2v) is 5.74. The molecule has 2 aromatic rings. The fourth-order valence-electron chi connectivity index (χ4n) is 1.74. The SMILES string of the molecule is CCSc1ccccc1NCc1ccc(Cl)c(F)c1. The van der Waals surface area contributed by atoms with Crippen molar-refractivity contribution in [2.45, 2.75) is 18.4 Å². The maximum atomic E-state index is 13.3. The zero-order valence-corrected chi connectivity index (χ0v) is 12.2. The van der Waals surface area contributed by atoms with Crippen LogP contribution in [0.2, 0.25) is 5.02 Å². The van der Waals surface area contributed by atoms with Gasteiger partial charge in [0, 0.05) is 17.1 Å². The van der Waals surface area contributed by atoms with E-state index in [0.717, 1.165) is 17.0 Å². The van der Waals surface area contributed by atoms with E-state index in [4.69, 9.17) is 11.6 Å². The van der Waals surface area contributed by atoms with Gasteiger partial charge in [-0.05, 0) is 35.6 Å². The summed E-state index contributed by atoms with van der Waals surface area (Å²) in [5, 5.41) is 3.49. The minimum atomic E-state index is -0.378. The molecular weight excluding hydrogens is 281 g/mol. The van der Waals surface area contributed by atoms with Crippen molar-refractivity contribution in [3.8, 4) is 0 Å². The quantitative estimate of drug-likeness (QED) is 0.761. The Hall–Kier alpha value is -1.19. The molecule has 0 heterocycles. The first-order chi connectivity index (χ1) is 9.20. The van der Waals surface area contributed by atoms with Crippen molar-refractivity contribution in [3.63, 3.8) is 0 Å². The molecule has 0 fully saturated rings. The molecule has 1 nitrogen and oxygen atoms in total. The summed E-state index contributed by atoms with van der Waals surface area (Å²) in [5.41, 5.74) is 1.95. The first-order valence-corrected chi connectivity index (χ1v) is 7.46. The van der Waals surface area contributed by atoms with E-state index in [1.807, 2.05) is 24.3 Å². The lowest BCUT2D eigenvalue weighted by Gasteiger charge is -2.11. The third-order valence-electron chi connectivity index (χ3n) is 2.65. The monoisotopic (exact) mass is 295 g/mol. The topological polar surface area (TPSA) is 12.0 Å². The second kappa shape index (κ2) is 6.83. The molecule has 0 saturated heterocycles. The lowest BCUT2D eigenvalue weighted by Crippen LogP contribution is -2.01. The van der Waals surface area contributed by atoms with E-state index in [-0.39, 0.29) is 10.8 Å². The molecule has 100 valence electrons. The standard InChI is InChI=1S/C15H15ClFNS/c1-2-19-15-6-4-3-5-14(15)18-10-11-7-8-12(16)13(17)9-11/h3-9,18H,2,10H2,1H3. The number of rotatable bonds is 5. The summed E-state index contributed by atoms with van der Waals surface area (Å²) in [4.78, 5) is 1.21. The number of hydrogen-bond acceptors (Lipinski definition) is 2. The van der Waals surface area contributed by atoms with Gasteiger partial charge in [0.2, 0.25) is 0 Å². The Morgan fingerprint density at radius 2 is 2.00 bits per heavy atom. The van der Waals surface area contributed by atoms with E-state index in [0.29, 0.717) is 6.54 Å². The largest absolute Gasteiger partial charge is 0.380 e. The Morgan fingerprint density at radius 1 is 1.21 bits per heavy atom. The Balaban J connectivity index is 2.07. The van der Waals surface area contributed by atoms with E-state index in [1.54, 1.807) is 17.8 Å². The molecule has 0 aliphatic heterocycles. The maximum absolute atomic E-state index is 13.3. The lowest BCUT2D eigenvalue weighted by molar-refractivity contribution is 0.626. The van der Waals surface area contributed by atoms with Crippen molar-refractivity contribution in [3.05, 3.63) is 58.9 Å². The molecule has 0 saturated carbocycles. The van der Waals surface area contributed by atoms with Crippen LogP contribution in [0.5, 0.6) is 0 Å². The van der Waals surface area contributed by atoms with Crippen LogP contribution in [0.3, 0.4) is 0 Å². The molecule has 0 bridgehead atoms. The van der Waals surface area contributed by atoms with Gasteiger partial charge in [-0.25, -0.2) is 4.39 Å². The Morgan fingerprint density at radius 3 is 2.74 bits per heavy atom. The van der Waals surface area contributed by atoms with Crippen molar-refractivity contribution in [2.24, 2.45) is 0 Å². The molecule has 0 spiro atoms. The van der Waals surface area contributed by atoms with Crippen LogP contribution in [-0.4, -0.2) is 5.75 Å². The molecule has 0 radical (unpaired) electrons. The van der Waals surface area contributed by atoms with Gasteiger partial charge in [-0.15, -0.1) is 11.8 Å². The van der Waals surface area contributed by atoms with Gasteiger partial charge in [0.25, 0.3) is 0 Å². The average molecular weight is 296 g/mol. The normalized spacial score (nSPS) is 10.5. The van der Waals surface area contributed by atoms with Crippen LogP contribution < -0.4 is 5.32 Å². The Kier molecular flexibility index (Phi) is 5.11. The predicted octanol–water partition coefficient (Wildman–Crippen LogP) is 5.20. The van der Waals surface area contributed by atoms with Crippen LogP contribution in [-0.2, 0) is 6.54 Å². The van der Waals surface area contributed by atoms with Crippen LogP contribution in [0, 0.1) is 5.82 Å². The molecule has 0 amide bonds. The number of para-hydroxylation sites is 1. The number of thioether (sulfide) groups is 1. The fraction of sp³-hybridized carbons (Fsp3) is 0.200. The summed E-state index contributed by atoms with van der Waals surface area (Å²) < 4.78 is 13.3. The van der Waals surface area contributed by atoms with Crippen LogP contribution in [0.4, 0.5) is 10.1 Å². The molecule has 0 atom stereocenters. The van der Waals surface area contributed by atoms with Crippen molar-refractivity contribution in [2.75, 3.05) is 11.1 Å². The molecule has 2 rings (SSSR count). The highest BCUT2D eigenvalue weighted by molar-refractivity contribution is 7.99. The first kappa shape index (κ1) is 14.2. The summed E-state index contributed by atoms with van der Waals surface area (Å²) in [6.45, 7) is 2.70. The van der Waals surface area contributed by atoms with Gasteiger partial charge in [-0.1, -0.05) is 36.7 Å². The molecule has 4 heteroatoms. The highest BCUT2D eigenvalue weighted by atomic mass is 35.5. The molecule has 19 heavy (non-hydrogen) atoms. The van der Waals surface area contributed by atoms with Crippen molar-refractivity contribution < 1.29 is 4.39 Å². The highest BCUT2D eigenvalue weighted by Crippen LogP contribution is 2.27. The van der Waals surface area contributed by atoms with E-state index in [1.165, 1.54) is 11.0 Å². The first-order valence-electron chi connectivity index (χ1n) is 6.10. The van der Waals surface area contributed by atoms with E-state index >= 15 is 0 Å². The number of benzene rings is 2. The predicted molar refractivity (Wildman–Crippen MR) is 81.6 cm³/mol. The van der Waals surface area contributed by atoms with Gasteiger partial charge in [0.05, 0.1) is 5.02 Å². The molecule has 1 N–H and O–H groups in total. The molecule has 0 aliphatic carbocycles. The smallest absolute Gasteiger partial charge is 0.142 e.